The van der Waals surface area contributed by atoms with Gasteiger partial charge in [0.2, 0.25) is 5.91 Å². The van der Waals surface area contributed by atoms with Crippen LogP contribution in [0.3, 0.4) is 0 Å². The molecule has 2 N–H and O–H groups in total. The highest BCUT2D eigenvalue weighted by Crippen LogP contribution is 2.15. The van der Waals surface area contributed by atoms with Gasteiger partial charge in [0.1, 0.15) is 0 Å². The van der Waals surface area contributed by atoms with Crippen LogP contribution < -0.4 is 5.32 Å². The van der Waals surface area contributed by atoms with E-state index in [1.807, 2.05) is 0 Å². The second-order valence-electron chi connectivity index (χ2n) is 5.80. The molecule has 0 fully saturated rings. The van der Waals surface area contributed by atoms with E-state index < -0.39 is 21.8 Å². The number of amides is 1. The van der Waals surface area contributed by atoms with Crippen LogP contribution in [0.2, 0.25) is 0 Å². The lowest BCUT2D eigenvalue weighted by molar-refractivity contribution is -0.142. The second kappa shape index (κ2) is 8.62. The Bertz CT molecular complexity index is 861. The number of aryl methyl sites for hydroxylation is 1. The number of hydrogen-bond donors (Lipinski definition) is 2. The highest BCUT2D eigenvalue weighted by molar-refractivity contribution is 7.91. The fraction of sp³-hybridized carbons (Fsp3) is 0.263. The molecule has 0 bridgehead atoms. The second-order valence-corrected chi connectivity index (χ2v) is 8.08. The van der Waals surface area contributed by atoms with Crippen LogP contribution in [0.15, 0.2) is 59.5 Å². The summed E-state index contributed by atoms with van der Waals surface area (Å²) in [4.78, 5) is 23.8. The van der Waals surface area contributed by atoms with Gasteiger partial charge in [-0.05, 0) is 29.7 Å². The molecule has 0 radical (unpaired) electrons. The third kappa shape index (κ3) is 5.16. The number of carbonyl (C=O) groups is 2. The van der Waals surface area contributed by atoms with Gasteiger partial charge in [-0.25, -0.2) is 13.2 Å². The number of sulfone groups is 1. The molecule has 2 aromatic carbocycles. The smallest absolute Gasteiger partial charge is 0.330 e. The molecule has 2 rings (SSSR count). The molecular weight excluding hydrogens is 354 g/mol. The van der Waals surface area contributed by atoms with Gasteiger partial charge in [0.05, 0.1) is 10.6 Å². The van der Waals surface area contributed by atoms with Crippen molar-refractivity contribution in [3.63, 3.8) is 0 Å². The van der Waals surface area contributed by atoms with Crippen LogP contribution in [0.1, 0.15) is 30.5 Å². The first kappa shape index (κ1) is 19.7. The molecule has 0 aromatic heterocycles. The zero-order valence-electron chi connectivity index (χ0n) is 14.4. The summed E-state index contributed by atoms with van der Waals surface area (Å²) in [7, 11) is -3.25. The Hall–Kier alpha value is -2.67. The number of carboxylic acid groups (broad SMARTS) is 1. The highest BCUT2D eigenvalue weighted by atomic mass is 32.2. The van der Waals surface area contributed by atoms with Gasteiger partial charge in [-0.2, -0.15) is 0 Å². The zero-order valence-corrected chi connectivity index (χ0v) is 15.2. The van der Waals surface area contributed by atoms with Crippen molar-refractivity contribution in [2.75, 3.05) is 5.75 Å². The lowest BCUT2D eigenvalue weighted by Gasteiger charge is -2.15. The summed E-state index contributed by atoms with van der Waals surface area (Å²) >= 11 is 0. The third-order valence-corrected chi connectivity index (χ3v) is 5.74. The minimum atomic E-state index is -3.25. The predicted molar refractivity (Wildman–Crippen MR) is 97.5 cm³/mol. The van der Waals surface area contributed by atoms with E-state index in [0.717, 1.165) is 5.56 Å². The maximum Gasteiger partial charge on any atom is 0.330 e. The average Bonchev–Trinajstić information content (AvgIpc) is 2.65. The number of carbonyl (C=O) groups excluding carboxylic acids is 1. The fourth-order valence-electron chi connectivity index (χ4n) is 2.45. The topological polar surface area (TPSA) is 101 Å². The van der Waals surface area contributed by atoms with Crippen LogP contribution >= 0.6 is 0 Å². The number of aliphatic carboxylic acids is 1. The molecule has 7 heteroatoms. The van der Waals surface area contributed by atoms with Crippen molar-refractivity contribution in [3.8, 4) is 0 Å². The van der Waals surface area contributed by atoms with Crippen molar-refractivity contribution in [2.45, 2.75) is 30.7 Å². The first-order valence-electron chi connectivity index (χ1n) is 8.22. The van der Waals surface area contributed by atoms with E-state index >= 15 is 0 Å². The number of nitrogens with one attached hydrogen (secondary N) is 1. The summed E-state index contributed by atoms with van der Waals surface area (Å²) in [5.41, 5.74) is 1.31. The number of rotatable bonds is 8. The molecule has 1 amide bonds. The van der Waals surface area contributed by atoms with Crippen LogP contribution in [-0.2, 0) is 25.8 Å². The first-order chi connectivity index (χ1) is 12.3. The molecule has 6 nitrogen and oxygen atoms in total. The number of hydrogen-bond acceptors (Lipinski definition) is 4. The Balaban J connectivity index is 1.96. The molecule has 138 valence electrons. The highest BCUT2D eigenvalue weighted by Gasteiger charge is 2.21. The SMILES string of the molecule is CCS(=O)(=O)c1ccc(CCC(=O)NC(C(=O)O)c2ccccc2)cc1. The van der Waals surface area contributed by atoms with E-state index in [9.17, 15) is 23.1 Å². The van der Waals surface area contributed by atoms with Crippen LogP contribution in [0, 0.1) is 0 Å². The molecule has 0 saturated heterocycles. The zero-order chi connectivity index (χ0) is 19.2. The molecule has 0 aliphatic carbocycles. The Kier molecular flexibility index (Phi) is 6.52. The van der Waals surface area contributed by atoms with Gasteiger partial charge in [0.15, 0.2) is 15.9 Å². The third-order valence-electron chi connectivity index (χ3n) is 3.99. The van der Waals surface area contributed by atoms with E-state index in [1.165, 1.54) is 12.1 Å². The molecular formula is C19H21NO5S. The van der Waals surface area contributed by atoms with Crippen LogP contribution in [0.4, 0.5) is 0 Å². The van der Waals surface area contributed by atoms with E-state index in [0.29, 0.717) is 12.0 Å². The molecule has 1 unspecified atom stereocenters. The Morgan fingerprint density at radius 3 is 2.19 bits per heavy atom. The van der Waals surface area contributed by atoms with E-state index in [-0.39, 0.29) is 23.0 Å². The van der Waals surface area contributed by atoms with Crippen LogP contribution in [0.25, 0.3) is 0 Å². The standard InChI is InChI=1S/C19H21NO5S/c1-2-26(24,25)16-11-8-14(9-12-16)10-13-17(21)20-18(19(22)23)15-6-4-3-5-7-15/h3-9,11-12,18H,2,10,13H2,1H3,(H,20,21)(H,22,23). The van der Waals surface area contributed by atoms with E-state index in [2.05, 4.69) is 5.32 Å². The lowest BCUT2D eigenvalue weighted by Crippen LogP contribution is -2.33. The minimum Gasteiger partial charge on any atom is -0.479 e. The summed E-state index contributed by atoms with van der Waals surface area (Å²) in [6.07, 6.45) is 0.496. The van der Waals surface area contributed by atoms with Crippen molar-refractivity contribution in [2.24, 2.45) is 0 Å². The minimum absolute atomic E-state index is 0.0326. The van der Waals surface area contributed by atoms with E-state index in [4.69, 9.17) is 0 Å². The monoisotopic (exact) mass is 375 g/mol. The van der Waals surface area contributed by atoms with Crippen molar-refractivity contribution >= 4 is 21.7 Å². The van der Waals surface area contributed by atoms with Gasteiger partial charge < -0.3 is 10.4 Å². The summed E-state index contributed by atoms with van der Waals surface area (Å²) in [5, 5.41) is 11.8. The molecule has 2 aromatic rings. The quantitative estimate of drug-likeness (QED) is 0.738. The summed E-state index contributed by atoms with van der Waals surface area (Å²) < 4.78 is 23.6. The first-order valence-corrected chi connectivity index (χ1v) is 9.87. The van der Waals surface area contributed by atoms with Crippen molar-refractivity contribution in [3.05, 3.63) is 65.7 Å². The van der Waals surface area contributed by atoms with Gasteiger partial charge in [-0.1, -0.05) is 49.4 Å². The lowest BCUT2D eigenvalue weighted by atomic mass is 10.1. The largest absolute Gasteiger partial charge is 0.479 e. The van der Waals surface area contributed by atoms with Gasteiger partial charge in [-0.15, -0.1) is 0 Å². The Labute approximate surface area is 152 Å². The van der Waals surface area contributed by atoms with Crippen LogP contribution in [-0.4, -0.2) is 31.2 Å². The summed E-state index contributed by atoms with van der Waals surface area (Å²) in [6, 6.07) is 13.8. The molecule has 0 spiro atoms. The Morgan fingerprint density at radius 2 is 1.65 bits per heavy atom. The van der Waals surface area contributed by atoms with Crippen molar-refractivity contribution < 1.29 is 23.1 Å². The number of carboxylic acids is 1. The van der Waals surface area contributed by atoms with Crippen molar-refractivity contribution in [1.82, 2.24) is 5.32 Å². The van der Waals surface area contributed by atoms with Crippen LogP contribution in [0.5, 0.6) is 0 Å². The van der Waals surface area contributed by atoms with Gasteiger partial charge >= 0.3 is 5.97 Å². The normalized spacial score (nSPS) is 12.3. The van der Waals surface area contributed by atoms with Gasteiger partial charge in [-0.3, -0.25) is 4.79 Å². The number of benzene rings is 2. The molecule has 0 aliphatic rings. The summed E-state index contributed by atoms with van der Waals surface area (Å²) in [5.74, 6) is -1.48. The van der Waals surface area contributed by atoms with Gasteiger partial charge in [0, 0.05) is 6.42 Å². The molecule has 0 heterocycles. The van der Waals surface area contributed by atoms with E-state index in [1.54, 1.807) is 49.4 Å². The maximum absolute atomic E-state index is 12.1. The maximum atomic E-state index is 12.1. The average molecular weight is 375 g/mol. The fourth-order valence-corrected chi connectivity index (χ4v) is 3.34. The van der Waals surface area contributed by atoms with Gasteiger partial charge in [0.25, 0.3) is 0 Å². The predicted octanol–water partition coefficient (Wildman–Crippen LogP) is 2.35. The molecule has 26 heavy (non-hydrogen) atoms. The Morgan fingerprint density at radius 1 is 1.04 bits per heavy atom. The summed E-state index contributed by atoms with van der Waals surface area (Å²) in [6.45, 7) is 1.58. The molecule has 1 atom stereocenters. The van der Waals surface area contributed by atoms with Crippen molar-refractivity contribution in [1.29, 1.82) is 0 Å². The molecule has 0 saturated carbocycles. The molecule has 0 aliphatic heterocycles.